The minimum atomic E-state index is 0.484. The van der Waals surface area contributed by atoms with Crippen LogP contribution in [0.1, 0.15) is 24.6 Å². The second kappa shape index (κ2) is 4.30. The molecule has 1 aliphatic rings. The fourth-order valence-electron chi connectivity index (χ4n) is 1.44. The molecule has 0 spiro atoms. The summed E-state index contributed by atoms with van der Waals surface area (Å²) in [5.41, 5.74) is 2.56. The van der Waals surface area contributed by atoms with Crippen molar-refractivity contribution in [1.29, 1.82) is 0 Å². The van der Waals surface area contributed by atoms with Crippen molar-refractivity contribution in [2.45, 2.75) is 28.9 Å². The van der Waals surface area contributed by atoms with Gasteiger partial charge < -0.3 is 5.43 Å². The van der Waals surface area contributed by atoms with Crippen LogP contribution in [0.3, 0.4) is 0 Å². The first-order valence-corrected chi connectivity index (χ1v) is 6.05. The van der Waals surface area contributed by atoms with E-state index in [9.17, 15) is 0 Å². The molecule has 0 bridgehead atoms. The van der Waals surface area contributed by atoms with Gasteiger partial charge in [-0.05, 0) is 24.6 Å². The van der Waals surface area contributed by atoms with E-state index < -0.39 is 0 Å². The fourth-order valence-corrected chi connectivity index (χ4v) is 2.14. The summed E-state index contributed by atoms with van der Waals surface area (Å²) in [4.78, 5) is 12.9. The summed E-state index contributed by atoms with van der Waals surface area (Å²) in [6, 6.07) is 1.79. The average Bonchev–Trinajstić information content (AvgIpc) is 3.09. The minimum absolute atomic E-state index is 0.484. The van der Waals surface area contributed by atoms with Gasteiger partial charge in [0.2, 0.25) is 0 Å². The maximum atomic E-state index is 5.40. The van der Waals surface area contributed by atoms with Crippen molar-refractivity contribution in [2.75, 3.05) is 5.43 Å². The zero-order chi connectivity index (χ0) is 11.7. The first kappa shape index (κ1) is 10.5. The van der Waals surface area contributed by atoms with Crippen LogP contribution in [0, 0.1) is 0 Å². The Hall–Kier alpha value is -1.67. The van der Waals surface area contributed by atoms with E-state index in [1.807, 2.05) is 0 Å². The highest BCUT2D eigenvalue weighted by molar-refractivity contribution is 7.99. The Bertz CT molecular complexity index is 508. The van der Waals surface area contributed by atoms with Gasteiger partial charge in [-0.3, -0.25) is 5.10 Å². The Balaban J connectivity index is 1.89. The van der Waals surface area contributed by atoms with E-state index in [0.29, 0.717) is 16.9 Å². The molecule has 1 aliphatic carbocycles. The second-order valence-electron chi connectivity index (χ2n) is 3.76. The van der Waals surface area contributed by atoms with Crippen molar-refractivity contribution in [3.63, 3.8) is 0 Å². The lowest BCUT2D eigenvalue weighted by Crippen LogP contribution is -2.10. The number of H-pyrrole nitrogens is 1. The van der Waals surface area contributed by atoms with Crippen LogP contribution in [-0.2, 0) is 0 Å². The molecule has 0 saturated heterocycles. The average molecular weight is 249 g/mol. The SMILES string of the molecule is NNc1cc(Sc2ncn[nH]2)nc(C2CC2)n1. The number of aromatic amines is 1. The van der Waals surface area contributed by atoms with Crippen LogP contribution in [0.15, 0.2) is 22.6 Å². The second-order valence-corrected chi connectivity index (χ2v) is 4.77. The van der Waals surface area contributed by atoms with E-state index in [1.54, 1.807) is 6.07 Å². The van der Waals surface area contributed by atoms with Gasteiger partial charge in [0.15, 0.2) is 5.16 Å². The van der Waals surface area contributed by atoms with Crippen LogP contribution >= 0.6 is 11.8 Å². The van der Waals surface area contributed by atoms with Crippen LogP contribution in [0.5, 0.6) is 0 Å². The first-order valence-electron chi connectivity index (χ1n) is 5.24. The molecule has 17 heavy (non-hydrogen) atoms. The molecule has 4 N–H and O–H groups in total. The number of rotatable bonds is 4. The van der Waals surface area contributed by atoms with Gasteiger partial charge in [0.05, 0.1) is 0 Å². The summed E-state index contributed by atoms with van der Waals surface area (Å²) in [6.45, 7) is 0. The van der Waals surface area contributed by atoms with Gasteiger partial charge in [0.1, 0.15) is 23.0 Å². The van der Waals surface area contributed by atoms with Gasteiger partial charge in [-0.1, -0.05) is 0 Å². The number of hydrogen-bond acceptors (Lipinski definition) is 7. The van der Waals surface area contributed by atoms with Crippen LogP contribution < -0.4 is 11.3 Å². The summed E-state index contributed by atoms with van der Waals surface area (Å²) >= 11 is 1.41. The van der Waals surface area contributed by atoms with E-state index in [0.717, 1.165) is 23.7 Å². The predicted octanol–water partition coefficient (Wildman–Crippen LogP) is 0.909. The molecule has 7 nitrogen and oxygen atoms in total. The predicted molar refractivity (Wildman–Crippen MR) is 62.3 cm³/mol. The lowest BCUT2D eigenvalue weighted by Gasteiger charge is -2.05. The van der Waals surface area contributed by atoms with Crippen LogP contribution in [0.2, 0.25) is 0 Å². The van der Waals surface area contributed by atoms with Crippen LogP contribution in [0.4, 0.5) is 5.82 Å². The minimum Gasteiger partial charge on any atom is -0.308 e. The van der Waals surface area contributed by atoms with E-state index in [2.05, 4.69) is 30.6 Å². The number of hydrazine groups is 1. The third kappa shape index (κ3) is 2.37. The third-order valence-corrected chi connectivity index (χ3v) is 3.21. The Morgan fingerprint density at radius 3 is 2.94 bits per heavy atom. The molecule has 0 aliphatic heterocycles. The summed E-state index contributed by atoms with van der Waals surface area (Å²) in [5, 5.41) is 8.08. The summed E-state index contributed by atoms with van der Waals surface area (Å²) in [6.07, 6.45) is 3.77. The van der Waals surface area contributed by atoms with Gasteiger partial charge in [-0.2, -0.15) is 5.10 Å². The number of nitrogens with zero attached hydrogens (tertiary/aromatic N) is 4. The number of aromatic nitrogens is 5. The highest BCUT2D eigenvalue weighted by Crippen LogP contribution is 2.39. The fraction of sp³-hybridized carbons (Fsp3) is 0.333. The molecule has 2 aromatic heterocycles. The molecule has 8 heteroatoms. The Kier molecular flexibility index (Phi) is 2.65. The Morgan fingerprint density at radius 2 is 2.29 bits per heavy atom. The monoisotopic (exact) mass is 249 g/mol. The van der Waals surface area contributed by atoms with Gasteiger partial charge in [0.25, 0.3) is 0 Å². The van der Waals surface area contributed by atoms with E-state index >= 15 is 0 Å². The quantitative estimate of drug-likeness (QED) is 0.420. The number of hydrogen-bond donors (Lipinski definition) is 3. The lowest BCUT2D eigenvalue weighted by molar-refractivity contribution is 0.873. The smallest absolute Gasteiger partial charge is 0.189 e. The molecule has 2 heterocycles. The molecule has 0 atom stereocenters. The number of nitrogens with one attached hydrogen (secondary N) is 2. The zero-order valence-corrected chi connectivity index (χ0v) is 9.74. The van der Waals surface area contributed by atoms with Gasteiger partial charge >= 0.3 is 0 Å². The number of anilines is 1. The highest BCUT2D eigenvalue weighted by atomic mass is 32.2. The molecule has 0 unspecified atom stereocenters. The van der Waals surface area contributed by atoms with E-state index in [1.165, 1.54) is 18.1 Å². The molecule has 0 amide bonds. The normalized spacial score (nSPS) is 14.9. The molecule has 1 saturated carbocycles. The summed E-state index contributed by atoms with van der Waals surface area (Å²) < 4.78 is 0. The van der Waals surface area contributed by atoms with Crippen molar-refractivity contribution in [1.82, 2.24) is 25.1 Å². The molecular weight excluding hydrogens is 238 g/mol. The molecule has 0 radical (unpaired) electrons. The van der Waals surface area contributed by atoms with Crippen molar-refractivity contribution >= 4 is 17.6 Å². The van der Waals surface area contributed by atoms with Crippen LogP contribution in [-0.4, -0.2) is 25.1 Å². The topological polar surface area (TPSA) is 105 Å². The van der Waals surface area contributed by atoms with Crippen molar-refractivity contribution in [3.8, 4) is 0 Å². The molecular formula is C9H11N7S. The first-order chi connectivity index (χ1) is 8.35. The van der Waals surface area contributed by atoms with Gasteiger partial charge in [0, 0.05) is 12.0 Å². The van der Waals surface area contributed by atoms with Gasteiger partial charge in [-0.25, -0.2) is 20.8 Å². The van der Waals surface area contributed by atoms with Crippen molar-refractivity contribution in [2.24, 2.45) is 5.84 Å². The Labute approximate surface area is 102 Å². The standard InChI is InChI=1S/C9H11N7S/c10-15-6-3-7(17-9-11-4-12-16-9)14-8(13-6)5-1-2-5/h3-5H,1-2,10H2,(H,11,12,16)(H,13,14,15). The highest BCUT2D eigenvalue weighted by Gasteiger charge is 2.27. The maximum Gasteiger partial charge on any atom is 0.189 e. The number of nitrogens with two attached hydrogens (primary N) is 1. The van der Waals surface area contributed by atoms with Crippen molar-refractivity contribution in [3.05, 3.63) is 18.2 Å². The zero-order valence-electron chi connectivity index (χ0n) is 8.92. The van der Waals surface area contributed by atoms with Crippen molar-refractivity contribution < 1.29 is 0 Å². The van der Waals surface area contributed by atoms with E-state index in [4.69, 9.17) is 5.84 Å². The molecule has 2 aromatic rings. The summed E-state index contributed by atoms with van der Waals surface area (Å²) in [5.74, 6) is 7.36. The molecule has 1 fully saturated rings. The lowest BCUT2D eigenvalue weighted by atomic mass is 10.4. The van der Waals surface area contributed by atoms with Gasteiger partial charge in [-0.15, -0.1) is 0 Å². The largest absolute Gasteiger partial charge is 0.308 e. The number of nitrogen functional groups attached to an aromatic ring is 1. The third-order valence-electron chi connectivity index (χ3n) is 2.40. The molecule has 88 valence electrons. The summed E-state index contributed by atoms with van der Waals surface area (Å²) in [7, 11) is 0. The Morgan fingerprint density at radius 1 is 1.41 bits per heavy atom. The van der Waals surface area contributed by atoms with E-state index in [-0.39, 0.29) is 0 Å². The van der Waals surface area contributed by atoms with Crippen LogP contribution in [0.25, 0.3) is 0 Å². The maximum absolute atomic E-state index is 5.40. The molecule has 0 aromatic carbocycles. The molecule has 3 rings (SSSR count).